The molecule has 2 rings (SSSR count). The highest BCUT2D eigenvalue weighted by atomic mass is 35.5. The molecule has 0 amide bonds. The molecule has 0 unspecified atom stereocenters. The van der Waals surface area contributed by atoms with Crippen LogP contribution in [0.3, 0.4) is 0 Å². The van der Waals surface area contributed by atoms with Crippen LogP contribution in [0.5, 0.6) is 0 Å². The summed E-state index contributed by atoms with van der Waals surface area (Å²) in [4.78, 5) is 6.14. The number of halogens is 3. The minimum absolute atomic E-state index is 0.261. The zero-order valence-corrected chi connectivity index (χ0v) is 12.1. The number of rotatable bonds is 6. The minimum Gasteiger partial charge on any atom is -0.292 e. The van der Waals surface area contributed by atoms with Gasteiger partial charge in [0, 0.05) is 30.0 Å². The third-order valence-electron chi connectivity index (χ3n) is 3.12. The van der Waals surface area contributed by atoms with Gasteiger partial charge in [-0.25, -0.2) is 8.78 Å². The molecule has 0 bridgehead atoms. The Morgan fingerprint density at radius 1 is 1.30 bits per heavy atom. The van der Waals surface area contributed by atoms with Crippen molar-refractivity contribution >= 4 is 22.5 Å². The van der Waals surface area contributed by atoms with Gasteiger partial charge in [-0.3, -0.25) is 9.88 Å². The number of alkyl halides is 3. The van der Waals surface area contributed by atoms with Gasteiger partial charge in [0.05, 0.1) is 12.1 Å². The van der Waals surface area contributed by atoms with Crippen molar-refractivity contribution in [3.63, 3.8) is 0 Å². The lowest BCUT2D eigenvalue weighted by molar-refractivity contribution is 0.0880. The van der Waals surface area contributed by atoms with Crippen LogP contribution in [-0.2, 0) is 6.54 Å². The molecule has 108 valence electrons. The minimum atomic E-state index is -2.35. The van der Waals surface area contributed by atoms with Crippen molar-refractivity contribution in [3.05, 3.63) is 41.6 Å². The molecule has 1 heterocycles. The van der Waals surface area contributed by atoms with E-state index in [0.29, 0.717) is 19.0 Å². The van der Waals surface area contributed by atoms with Gasteiger partial charge in [0.2, 0.25) is 0 Å². The number of hydrogen-bond acceptors (Lipinski definition) is 2. The standard InChI is InChI=1S/C15H17ClF2N2/c1-11-8-12(9-20(7-6-16)10-15(17)18)13-4-2-3-5-14(13)19-11/h2-5,8,15H,6-7,9-10H2,1H3. The Balaban J connectivity index is 2.31. The van der Waals surface area contributed by atoms with Crippen molar-refractivity contribution in [1.82, 2.24) is 9.88 Å². The first-order valence-electron chi connectivity index (χ1n) is 6.52. The van der Waals surface area contributed by atoms with E-state index < -0.39 is 6.43 Å². The van der Waals surface area contributed by atoms with Crippen molar-refractivity contribution in [2.45, 2.75) is 19.9 Å². The molecule has 0 aliphatic carbocycles. The van der Waals surface area contributed by atoms with Crippen LogP contribution in [-0.4, -0.2) is 35.3 Å². The zero-order chi connectivity index (χ0) is 14.5. The highest BCUT2D eigenvalue weighted by Gasteiger charge is 2.14. The smallest absolute Gasteiger partial charge is 0.251 e. The fourth-order valence-electron chi connectivity index (χ4n) is 2.32. The summed E-state index contributed by atoms with van der Waals surface area (Å²) in [5.41, 5.74) is 2.80. The summed E-state index contributed by atoms with van der Waals surface area (Å²) in [7, 11) is 0. The molecule has 0 fully saturated rings. The van der Waals surface area contributed by atoms with E-state index in [1.165, 1.54) is 0 Å². The quantitative estimate of drug-likeness (QED) is 0.753. The fourth-order valence-corrected chi connectivity index (χ4v) is 2.56. The lowest BCUT2D eigenvalue weighted by Gasteiger charge is -2.21. The monoisotopic (exact) mass is 298 g/mol. The average Bonchev–Trinajstić information content (AvgIpc) is 2.38. The van der Waals surface area contributed by atoms with E-state index in [-0.39, 0.29) is 6.54 Å². The molecule has 5 heteroatoms. The highest BCUT2D eigenvalue weighted by molar-refractivity contribution is 6.18. The van der Waals surface area contributed by atoms with Gasteiger partial charge in [-0.05, 0) is 24.6 Å². The second-order valence-electron chi connectivity index (χ2n) is 4.76. The topological polar surface area (TPSA) is 16.1 Å². The summed E-state index contributed by atoms with van der Waals surface area (Å²) >= 11 is 5.70. The van der Waals surface area contributed by atoms with E-state index in [1.807, 2.05) is 37.3 Å². The van der Waals surface area contributed by atoms with E-state index in [4.69, 9.17) is 11.6 Å². The lowest BCUT2D eigenvalue weighted by atomic mass is 10.1. The van der Waals surface area contributed by atoms with Crippen LogP contribution in [0.15, 0.2) is 30.3 Å². The molecule has 1 aromatic carbocycles. The van der Waals surface area contributed by atoms with Gasteiger partial charge in [0.1, 0.15) is 0 Å². The lowest BCUT2D eigenvalue weighted by Crippen LogP contribution is -2.30. The van der Waals surface area contributed by atoms with E-state index in [1.54, 1.807) is 4.90 Å². The normalized spacial score (nSPS) is 11.7. The van der Waals surface area contributed by atoms with E-state index in [2.05, 4.69) is 4.98 Å². The Hall–Kier alpha value is -1.26. The number of pyridine rings is 1. The number of para-hydroxylation sites is 1. The van der Waals surface area contributed by atoms with Crippen LogP contribution in [0.2, 0.25) is 0 Å². The average molecular weight is 299 g/mol. The van der Waals surface area contributed by atoms with Crippen LogP contribution < -0.4 is 0 Å². The molecule has 0 saturated heterocycles. The van der Waals surface area contributed by atoms with Gasteiger partial charge in [-0.1, -0.05) is 18.2 Å². The van der Waals surface area contributed by atoms with Gasteiger partial charge in [-0.15, -0.1) is 11.6 Å². The first kappa shape index (κ1) is 15.1. The third kappa shape index (κ3) is 3.87. The molecule has 0 spiro atoms. The molecular weight excluding hydrogens is 282 g/mol. The Labute approximate surface area is 122 Å². The molecule has 0 saturated carbocycles. The largest absolute Gasteiger partial charge is 0.292 e. The second-order valence-corrected chi connectivity index (χ2v) is 5.13. The molecule has 2 aromatic rings. The summed E-state index contributed by atoms with van der Waals surface area (Å²) in [5, 5.41) is 1.01. The number of hydrogen-bond donors (Lipinski definition) is 0. The maximum Gasteiger partial charge on any atom is 0.251 e. The Kier molecular flexibility index (Phi) is 5.26. The Morgan fingerprint density at radius 2 is 2.05 bits per heavy atom. The first-order chi connectivity index (χ1) is 9.60. The van der Waals surface area contributed by atoms with E-state index in [0.717, 1.165) is 22.2 Å². The molecule has 0 radical (unpaired) electrons. The van der Waals surface area contributed by atoms with Crippen molar-refractivity contribution in [2.24, 2.45) is 0 Å². The molecular formula is C15H17ClF2N2. The van der Waals surface area contributed by atoms with Crippen molar-refractivity contribution in [1.29, 1.82) is 0 Å². The van der Waals surface area contributed by atoms with Gasteiger partial charge >= 0.3 is 0 Å². The molecule has 20 heavy (non-hydrogen) atoms. The van der Waals surface area contributed by atoms with Gasteiger partial charge < -0.3 is 0 Å². The van der Waals surface area contributed by atoms with Crippen LogP contribution in [0.1, 0.15) is 11.3 Å². The third-order valence-corrected chi connectivity index (χ3v) is 3.29. The fraction of sp³-hybridized carbons (Fsp3) is 0.400. The summed E-state index contributed by atoms with van der Waals surface area (Å²) in [5.74, 6) is 0.342. The highest BCUT2D eigenvalue weighted by Crippen LogP contribution is 2.20. The summed E-state index contributed by atoms with van der Waals surface area (Å²) < 4.78 is 25.2. The number of aromatic nitrogens is 1. The number of nitrogens with zero attached hydrogens (tertiary/aromatic N) is 2. The SMILES string of the molecule is Cc1cc(CN(CCCl)CC(F)F)c2ccccc2n1. The van der Waals surface area contributed by atoms with E-state index >= 15 is 0 Å². The first-order valence-corrected chi connectivity index (χ1v) is 7.05. The van der Waals surface area contributed by atoms with Crippen molar-refractivity contribution in [2.75, 3.05) is 19.0 Å². The van der Waals surface area contributed by atoms with E-state index in [9.17, 15) is 8.78 Å². The van der Waals surface area contributed by atoms with Crippen molar-refractivity contribution < 1.29 is 8.78 Å². The second kappa shape index (κ2) is 6.95. The summed E-state index contributed by atoms with van der Waals surface area (Å²) in [6, 6.07) is 9.72. The van der Waals surface area contributed by atoms with Crippen LogP contribution in [0.4, 0.5) is 8.78 Å². The van der Waals surface area contributed by atoms with Crippen LogP contribution >= 0.6 is 11.6 Å². The summed E-state index contributed by atoms with van der Waals surface area (Å²) in [6.07, 6.45) is -2.35. The van der Waals surface area contributed by atoms with Crippen molar-refractivity contribution in [3.8, 4) is 0 Å². The molecule has 0 aliphatic heterocycles. The predicted molar refractivity (Wildman–Crippen MR) is 78.5 cm³/mol. The number of aryl methyl sites for hydroxylation is 1. The van der Waals surface area contributed by atoms with Gasteiger partial charge in [0.15, 0.2) is 0 Å². The maximum atomic E-state index is 12.6. The Bertz CT molecular complexity index is 575. The van der Waals surface area contributed by atoms with Gasteiger partial charge in [0.25, 0.3) is 6.43 Å². The predicted octanol–water partition coefficient (Wildman–Crippen LogP) is 3.85. The number of fused-ring (bicyclic) bond motifs is 1. The van der Waals surface area contributed by atoms with Crippen LogP contribution in [0.25, 0.3) is 10.9 Å². The Morgan fingerprint density at radius 3 is 2.75 bits per heavy atom. The maximum absolute atomic E-state index is 12.6. The molecule has 0 N–H and O–H groups in total. The molecule has 0 atom stereocenters. The summed E-state index contributed by atoms with van der Waals surface area (Å²) in [6.45, 7) is 2.56. The van der Waals surface area contributed by atoms with Gasteiger partial charge in [-0.2, -0.15) is 0 Å². The molecule has 1 aromatic heterocycles. The number of benzene rings is 1. The van der Waals surface area contributed by atoms with Crippen LogP contribution in [0, 0.1) is 6.92 Å². The molecule has 2 nitrogen and oxygen atoms in total. The molecule has 0 aliphatic rings. The zero-order valence-electron chi connectivity index (χ0n) is 11.3.